The molecule has 0 fully saturated rings. The highest BCUT2D eigenvalue weighted by molar-refractivity contribution is 6.31. The fraction of sp³-hybridized carbons (Fsp3) is 0.0769. The second-order valence-corrected chi connectivity index (χ2v) is 8.00. The van der Waals surface area contributed by atoms with Gasteiger partial charge < -0.3 is 10.4 Å². The monoisotopic (exact) mass is 427 g/mol. The Labute approximate surface area is 184 Å². The van der Waals surface area contributed by atoms with Gasteiger partial charge in [0.1, 0.15) is 11.7 Å². The van der Waals surface area contributed by atoms with Gasteiger partial charge in [-0.15, -0.1) is 0 Å². The highest BCUT2D eigenvalue weighted by Crippen LogP contribution is 2.47. The Morgan fingerprint density at radius 2 is 1.58 bits per heavy atom. The van der Waals surface area contributed by atoms with Crippen LogP contribution < -0.4 is 5.32 Å². The van der Waals surface area contributed by atoms with Crippen LogP contribution in [0.15, 0.2) is 84.9 Å². The minimum atomic E-state index is -1.08. The number of halogens is 1. The SMILES string of the molecule is O=C1Nc2ccc3ccccc3c2C(c2ccccc2Cl)C1C(=O)c1ccccc1O. The molecule has 0 spiro atoms. The Hall–Kier alpha value is -3.63. The van der Waals surface area contributed by atoms with Crippen molar-refractivity contribution in [3.8, 4) is 5.75 Å². The second-order valence-electron chi connectivity index (χ2n) is 7.60. The van der Waals surface area contributed by atoms with Gasteiger partial charge in [0, 0.05) is 16.6 Å². The third-order valence-electron chi connectivity index (χ3n) is 5.85. The van der Waals surface area contributed by atoms with Crippen molar-refractivity contribution < 1.29 is 14.7 Å². The molecule has 1 aliphatic heterocycles. The van der Waals surface area contributed by atoms with E-state index >= 15 is 0 Å². The highest BCUT2D eigenvalue weighted by atomic mass is 35.5. The van der Waals surface area contributed by atoms with E-state index in [-0.39, 0.29) is 11.3 Å². The largest absolute Gasteiger partial charge is 0.507 e. The number of carbonyl (C=O) groups is 2. The number of fused-ring (bicyclic) bond motifs is 3. The number of nitrogens with one attached hydrogen (secondary N) is 1. The first-order valence-corrected chi connectivity index (χ1v) is 10.3. The average molecular weight is 428 g/mol. The molecule has 2 N–H and O–H groups in total. The van der Waals surface area contributed by atoms with E-state index in [0.29, 0.717) is 16.3 Å². The fourth-order valence-electron chi connectivity index (χ4n) is 4.45. The Balaban J connectivity index is 1.80. The number of hydrogen-bond donors (Lipinski definition) is 2. The van der Waals surface area contributed by atoms with Gasteiger partial charge in [0.25, 0.3) is 0 Å². The maximum absolute atomic E-state index is 13.6. The molecule has 1 aliphatic rings. The number of ketones is 1. The highest BCUT2D eigenvalue weighted by Gasteiger charge is 2.43. The van der Waals surface area contributed by atoms with Crippen molar-refractivity contribution in [2.75, 3.05) is 5.32 Å². The number of anilines is 1. The van der Waals surface area contributed by atoms with E-state index in [9.17, 15) is 14.7 Å². The summed E-state index contributed by atoms with van der Waals surface area (Å²) < 4.78 is 0. The zero-order valence-electron chi connectivity index (χ0n) is 16.4. The van der Waals surface area contributed by atoms with Crippen LogP contribution in [0, 0.1) is 5.92 Å². The quantitative estimate of drug-likeness (QED) is 0.321. The molecular formula is C26H18ClNO3. The molecule has 152 valence electrons. The third-order valence-corrected chi connectivity index (χ3v) is 6.19. The molecule has 0 saturated heterocycles. The molecule has 0 radical (unpaired) electrons. The molecule has 31 heavy (non-hydrogen) atoms. The number of phenolic OH excluding ortho intramolecular Hbond substituents is 1. The van der Waals surface area contributed by atoms with Gasteiger partial charge in [0.05, 0.1) is 5.56 Å². The van der Waals surface area contributed by atoms with E-state index in [4.69, 9.17) is 11.6 Å². The van der Waals surface area contributed by atoms with E-state index in [1.54, 1.807) is 18.2 Å². The Kier molecular flexibility index (Phi) is 4.72. The lowest BCUT2D eigenvalue weighted by Gasteiger charge is -2.34. The minimum Gasteiger partial charge on any atom is -0.507 e. The normalized spacial score (nSPS) is 17.8. The van der Waals surface area contributed by atoms with Gasteiger partial charge in [-0.1, -0.05) is 72.3 Å². The van der Waals surface area contributed by atoms with E-state index in [1.807, 2.05) is 54.6 Å². The Morgan fingerprint density at radius 1 is 0.871 bits per heavy atom. The van der Waals surface area contributed by atoms with Crippen molar-refractivity contribution in [1.82, 2.24) is 0 Å². The zero-order valence-corrected chi connectivity index (χ0v) is 17.1. The van der Waals surface area contributed by atoms with Crippen LogP contribution in [-0.2, 0) is 4.79 Å². The lowest BCUT2D eigenvalue weighted by atomic mass is 9.72. The van der Waals surface area contributed by atoms with E-state index in [0.717, 1.165) is 16.3 Å². The smallest absolute Gasteiger partial charge is 0.236 e. The van der Waals surface area contributed by atoms with Crippen molar-refractivity contribution in [3.63, 3.8) is 0 Å². The number of aromatic hydroxyl groups is 1. The zero-order chi connectivity index (χ0) is 21.5. The predicted octanol–water partition coefficient (Wildman–Crippen LogP) is 5.78. The number of Topliss-reactive ketones (excluding diaryl/α,β-unsaturated/α-hetero) is 1. The van der Waals surface area contributed by atoms with Crippen LogP contribution in [0.4, 0.5) is 5.69 Å². The van der Waals surface area contributed by atoms with Crippen molar-refractivity contribution in [2.45, 2.75) is 5.92 Å². The van der Waals surface area contributed by atoms with Gasteiger partial charge in [-0.05, 0) is 46.2 Å². The lowest BCUT2D eigenvalue weighted by Crippen LogP contribution is -2.39. The number of phenols is 1. The molecule has 0 saturated carbocycles. The summed E-state index contributed by atoms with van der Waals surface area (Å²) in [6.07, 6.45) is 0. The van der Waals surface area contributed by atoms with Gasteiger partial charge in [-0.3, -0.25) is 9.59 Å². The summed E-state index contributed by atoms with van der Waals surface area (Å²) in [5.74, 6) is -2.69. The molecule has 5 rings (SSSR count). The van der Waals surface area contributed by atoms with Gasteiger partial charge >= 0.3 is 0 Å². The second kappa shape index (κ2) is 7.56. The Morgan fingerprint density at radius 3 is 2.39 bits per heavy atom. The van der Waals surface area contributed by atoms with Crippen LogP contribution in [0.2, 0.25) is 5.02 Å². The molecule has 4 aromatic rings. The summed E-state index contributed by atoms with van der Waals surface area (Å²) in [4.78, 5) is 26.9. The average Bonchev–Trinajstić information content (AvgIpc) is 2.78. The predicted molar refractivity (Wildman–Crippen MR) is 122 cm³/mol. The van der Waals surface area contributed by atoms with Crippen LogP contribution in [0.1, 0.15) is 27.4 Å². The summed E-state index contributed by atoms with van der Waals surface area (Å²) in [7, 11) is 0. The molecule has 2 unspecified atom stereocenters. The first-order valence-electron chi connectivity index (χ1n) is 9.95. The number of benzene rings is 4. The van der Waals surface area contributed by atoms with E-state index in [1.165, 1.54) is 12.1 Å². The van der Waals surface area contributed by atoms with Crippen LogP contribution in [-0.4, -0.2) is 16.8 Å². The summed E-state index contributed by atoms with van der Waals surface area (Å²) in [5.41, 5.74) is 2.32. The number of para-hydroxylation sites is 1. The summed E-state index contributed by atoms with van der Waals surface area (Å²) in [6, 6.07) is 25.2. The number of amides is 1. The van der Waals surface area contributed by atoms with E-state index in [2.05, 4.69) is 5.32 Å². The van der Waals surface area contributed by atoms with Crippen molar-refractivity contribution >= 4 is 39.8 Å². The molecule has 5 heteroatoms. The Bertz CT molecular complexity index is 1350. The maximum atomic E-state index is 13.6. The van der Waals surface area contributed by atoms with Crippen molar-refractivity contribution in [1.29, 1.82) is 0 Å². The summed E-state index contributed by atoms with van der Waals surface area (Å²) >= 11 is 6.58. The lowest BCUT2D eigenvalue weighted by molar-refractivity contribution is -0.119. The fourth-order valence-corrected chi connectivity index (χ4v) is 4.70. The molecule has 4 nitrogen and oxygen atoms in total. The number of hydrogen-bond acceptors (Lipinski definition) is 3. The first kappa shape index (κ1) is 19.3. The molecule has 0 aliphatic carbocycles. The molecule has 1 heterocycles. The topological polar surface area (TPSA) is 66.4 Å². The molecule has 1 amide bonds. The maximum Gasteiger partial charge on any atom is 0.236 e. The molecule has 0 aromatic heterocycles. The standard InChI is InChI=1S/C26H18ClNO3/c27-19-11-5-3-9-17(19)23-22-16-8-2-1-7-15(16)13-14-20(22)28-26(31)24(23)25(30)18-10-4-6-12-21(18)29/h1-14,23-24,29H,(H,28,31). The summed E-state index contributed by atoms with van der Waals surface area (Å²) in [5, 5.41) is 15.6. The first-order chi connectivity index (χ1) is 15.1. The van der Waals surface area contributed by atoms with Crippen LogP contribution in [0.5, 0.6) is 5.75 Å². The van der Waals surface area contributed by atoms with Crippen LogP contribution in [0.25, 0.3) is 10.8 Å². The van der Waals surface area contributed by atoms with Crippen molar-refractivity contribution in [3.05, 3.63) is 107 Å². The van der Waals surface area contributed by atoms with Gasteiger partial charge in [-0.25, -0.2) is 0 Å². The van der Waals surface area contributed by atoms with Crippen LogP contribution >= 0.6 is 11.6 Å². The molecule has 4 aromatic carbocycles. The van der Waals surface area contributed by atoms with E-state index < -0.39 is 23.5 Å². The molecule has 2 atom stereocenters. The molecular weight excluding hydrogens is 410 g/mol. The van der Waals surface area contributed by atoms with Gasteiger partial charge in [0.15, 0.2) is 5.78 Å². The third kappa shape index (κ3) is 3.16. The van der Waals surface area contributed by atoms with Crippen LogP contribution in [0.3, 0.4) is 0 Å². The molecule has 0 bridgehead atoms. The number of rotatable bonds is 3. The minimum absolute atomic E-state index is 0.114. The number of carbonyl (C=O) groups excluding carboxylic acids is 2. The van der Waals surface area contributed by atoms with Crippen molar-refractivity contribution in [2.24, 2.45) is 5.92 Å². The summed E-state index contributed by atoms with van der Waals surface area (Å²) in [6.45, 7) is 0. The van der Waals surface area contributed by atoms with Gasteiger partial charge in [-0.2, -0.15) is 0 Å². The van der Waals surface area contributed by atoms with Gasteiger partial charge in [0.2, 0.25) is 5.91 Å².